The van der Waals surface area contributed by atoms with Crippen LogP contribution in [0.15, 0.2) is 72.1 Å². The van der Waals surface area contributed by atoms with E-state index in [-0.39, 0.29) is 5.91 Å². The van der Waals surface area contributed by atoms with Gasteiger partial charge in [0.25, 0.3) is 5.91 Å². The van der Waals surface area contributed by atoms with Gasteiger partial charge in [0.2, 0.25) is 0 Å². The number of rotatable bonds is 8. The van der Waals surface area contributed by atoms with E-state index in [0.717, 1.165) is 38.3 Å². The largest absolute Gasteiger partial charge is 0.372 e. The third-order valence-electron chi connectivity index (χ3n) is 5.25. The van der Waals surface area contributed by atoms with Crippen molar-refractivity contribution in [1.82, 2.24) is 0 Å². The number of hydrogen-bond donors (Lipinski definition) is 2. The lowest BCUT2D eigenvalue weighted by Crippen LogP contribution is -3.10. The van der Waals surface area contributed by atoms with E-state index in [0.29, 0.717) is 11.7 Å². The number of anilines is 1. The highest BCUT2D eigenvalue weighted by Crippen LogP contribution is 2.12. The molecule has 0 saturated carbocycles. The van der Waals surface area contributed by atoms with Crippen molar-refractivity contribution >= 4 is 22.9 Å². The maximum atomic E-state index is 12.5. The zero-order chi connectivity index (χ0) is 19.9. The second kappa shape index (κ2) is 9.83. The van der Waals surface area contributed by atoms with Crippen LogP contribution in [0.4, 0.5) is 5.69 Å². The normalized spacial score (nSPS) is 17.2. The summed E-state index contributed by atoms with van der Waals surface area (Å²) in [5, 5.41) is 5.08. The Labute approximate surface area is 176 Å². The van der Waals surface area contributed by atoms with Crippen LogP contribution in [0, 0.1) is 0 Å². The summed E-state index contributed by atoms with van der Waals surface area (Å²) < 4.78 is 5.88. The number of quaternary nitrogens is 1. The van der Waals surface area contributed by atoms with E-state index in [2.05, 4.69) is 35.0 Å². The summed E-state index contributed by atoms with van der Waals surface area (Å²) in [5.74, 6) is -0.0788. The van der Waals surface area contributed by atoms with Gasteiger partial charge in [-0.25, -0.2) is 0 Å². The first-order chi connectivity index (χ1) is 14.3. The molecule has 4 rings (SSSR count). The number of ether oxygens (including phenoxy) is 1. The van der Waals surface area contributed by atoms with Gasteiger partial charge in [-0.1, -0.05) is 36.4 Å². The van der Waals surface area contributed by atoms with Gasteiger partial charge in [0, 0.05) is 23.4 Å². The molecule has 1 amide bonds. The molecule has 2 aromatic carbocycles. The molecule has 0 spiro atoms. The maximum Gasteiger partial charge on any atom is 0.255 e. The Morgan fingerprint density at radius 2 is 1.86 bits per heavy atom. The SMILES string of the molecule is O=C(Nc1ccccc1)c1ccc(C[NH+](Cc2cccs2)C[C@H]2CCCO2)cc1. The van der Waals surface area contributed by atoms with Crippen LogP contribution < -0.4 is 10.2 Å². The minimum Gasteiger partial charge on any atom is -0.372 e. The Morgan fingerprint density at radius 1 is 1.03 bits per heavy atom. The summed E-state index contributed by atoms with van der Waals surface area (Å²) in [6.45, 7) is 3.85. The topological polar surface area (TPSA) is 42.8 Å². The van der Waals surface area contributed by atoms with Crippen LogP contribution in [0.2, 0.25) is 0 Å². The summed E-state index contributed by atoms with van der Waals surface area (Å²) in [6.07, 6.45) is 2.69. The van der Waals surface area contributed by atoms with Crippen molar-refractivity contribution in [3.63, 3.8) is 0 Å². The molecule has 1 aromatic heterocycles. The third kappa shape index (κ3) is 5.76. The Bertz CT molecular complexity index is 888. The minimum atomic E-state index is -0.0788. The number of carbonyl (C=O) groups excluding carboxylic acids is 1. The maximum absolute atomic E-state index is 12.5. The molecule has 1 fully saturated rings. The number of para-hydroxylation sites is 1. The first kappa shape index (κ1) is 19.8. The lowest BCUT2D eigenvalue weighted by atomic mass is 10.1. The molecule has 4 nitrogen and oxygen atoms in total. The van der Waals surface area contributed by atoms with Crippen LogP contribution in [0.25, 0.3) is 0 Å². The number of amides is 1. The summed E-state index contributed by atoms with van der Waals surface area (Å²) in [6, 6.07) is 21.9. The van der Waals surface area contributed by atoms with Crippen molar-refractivity contribution in [2.24, 2.45) is 0 Å². The number of nitrogens with one attached hydrogen (secondary N) is 2. The lowest BCUT2D eigenvalue weighted by Gasteiger charge is -2.22. The molecule has 1 aliphatic heterocycles. The van der Waals surface area contributed by atoms with E-state index in [1.807, 2.05) is 53.8 Å². The fourth-order valence-electron chi connectivity index (χ4n) is 3.78. The smallest absolute Gasteiger partial charge is 0.255 e. The van der Waals surface area contributed by atoms with Gasteiger partial charge >= 0.3 is 0 Å². The highest BCUT2D eigenvalue weighted by molar-refractivity contribution is 7.09. The highest BCUT2D eigenvalue weighted by Gasteiger charge is 2.22. The zero-order valence-electron chi connectivity index (χ0n) is 16.5. The number of carbonyl (C=O) groups is 1. The van der Waals surface area contributed by atoms with Gasteiger partial charge in [-0.15, -0.1) is 11.3 Å². The molecule has 150 valence electrons. The van der Waals surface area contributed by atoms with E-state index >= 15 is 0 Å². The molecule has 5 heteroatoms. The van der Waals surface area contributed by atoms with Crippen LogP contribution in [0.1, 0.15) is 33.6 Å². The highest BCUT2D eigenvalue weighted by atomic mass is 32.1. The van der Waals surface area contributed by atoms with Crippen LogP contribution in [-0.4, -0.2) is 25.2 Å². The monoisotopic (exact) mass is 407 g/mol. The van der Waals surface area contributed by atoms with E-state index in [1.165, 1.54) is 21.8 Å². The minimum absolute atomic E-state index is 0.0788. The molecular weight excluding hydrogens is 380 g/mol. The van der Waals surface area contributed by atoms with Crippen LogP contribution in [0.3, 0.4) is 0 Å². The van der Waals surface area contributed by atoms with E-state index in [4.69, 9.17) is 4.74 Å². The van der Waals surface area contributed by atoms with E-state index in [1.54, 1.807) is 0 Å². The average Bonchev–Trinajstić information content (AvgIpc) is 3.44. The second-order valence-corrected chi connectivity index (χ2v) is 8.57. The molecule has 2 heterocycles. The second-order valence-electron chi connectivity index (χ2n) is 7.54. The van der Waals surface area contributed by atoms with Crippen molar-refractivity contribution in [2.75, 3.05) is 18.5 Å². The Balaban J connectivity index is 1.39. The third-order valence-corrected chi connectivity index (χ3v) is 6.12. The van der Waals surface area contributed by atoms with Crippen molar-refractivity contribution in [3.8, 4) is 0 Å². The summed E-state index contributed by atoms with van der Waals surface area (Å²) in [4.78, 5) is 15.4. The van der Waals surface area contributed by atoms with E-state index < -0.39 is 0 Å². The summed E-state index contributed by atoms with van der Waals surface area (Å²) >= 11 is 1.81. The predicted molar refractivity (Wildman–Crippen MR) is 117 cm³/mol. The van der Waals surface area contributed by atoms with Gasteiger partial charge in [0.15, 0.2) is 0 Å². The van der Waals surface area contributed by atoms with Crippen molar-refractivity contribution in [3.05, 3.63) is 88.1 Å². The summed E-state index contributed by atoms with van der Waals surface area (Å²) in [5.41, 5.74) is 2.73. The average molecular weight is 408 g/mol. The first-order valence-electron chi connectivity index (χ1n) is 10.2. The summed E-state index contributed by atoms with van der Waals surface area (Å²) in [7, 11) is 0. The van der Waals surface area contributed by atoms with Crippen molar-refractivity contribution in [1.29, 1.82) is 0 Å². The van der Waals surface area contributed by atoms with Gasteiger partial charge < -0.3 is 15.0 Å². The number of thiophene rings is 1. The zero-order valence-corrected chi connectivity index (χ0v) is 17.3. The predicted octanol–water partition coefficient (Wildman–Crippen LogP) is 3.76. The first-order valence-corrected chi connectivity index (χ1v) is 11.1. The molecule has 1 unspecified atom stereocenters. The Hall–Kier alpha value is -2.47. The van der Waals surface area contributed by atoms with E-state index in [9.17, 15) is 4.79 Å². The molecule has 0 aliphatic carbocycles. The molecule has 3 aromatic rings. The Kier molecular flexibility index (Phi) is 6.72. The number of hydrogen-bond acceptors (Lipinski definition) is 3. The molecule has 1 aliphatic rings. The molecule has 0 bridgehead atoms. The van der Waals surface area contributed by atoms with Gasteiger partial charge in [-0.2, -0.15) is 0 Å². The van der Waals surface area contributed by atoms with Crippen LogP contribution >= 0.6 is 11.3 Å². The van der Waals surface area contributed by atoms with Gasteiger partial charge in [0.05, 0.1) is 4.88 Å². The van der Waals surface area contributed by atoms with Gasteiger partial charge in [0.1, 0.15) is 25.7 Å². The Morgan fingerprint density at radius 3 is 2.55 bits per heavy atom. The lowest BCUT2D eigenvalue weighted by molar-refractivity contribution is -0.930. The molecule has 2 atom stereocenters. The van der Waals surface area contributed by atoms with Gasteiger partial charge in [-0.3, -0.25) is 4.79 Å². The van der Waals surface area contributed by atoms with Crippen LogP contribution in [0.5, 0.6) is 0 Å². The standard InChI is InChI=1S/C24H26N2O2S/c27-24(25-21-6-2-1-3-7-21)20-12-10-19(11-13-20)16-26(17-22-8-4-14-28-22)18-23-9-5-15-29-23/h1-3,5-7,9-13,15,22H,4,8,14,16-18H2,(H,25,27)/p+1/t22-/m1/s1. The molecule has 29 heavy (non-hydrogen) atoms. The fourth-order valence-corrected chi connectivity index (χ4v) is 4.56. The van der Waals surface area contributed by atoms with Crippen molar-refractivity contribution in [2.45, 2.75) is 32.0 Å². The van der Waals surface area contributed by atoms with Gasteiger partial charge in [-0.05, 0) is 48.6 Å². The molecule has 2 N–H and O–H groups in total. The molecular formula is C24H27N2O2S+. The quantitative estimate of drug-likeness (QED) is 0.597. The number of benzene rings is 2. The fraction of sp³-hybridized carbons (Fsp3) is 0.292. The van der Waals surface area contributed by atoms with Crippen molar-refractivity contribution < 1.29 is 14.4 Å². The molecule has 0 radical (unpaired) electrons. The van der Waals surface area contributed by atoms with Crippen LogP contribution in [-0.2, 0) is 17.8 Å². The molecule has 1 saturated heterocycles.